The number of nitrogens with one attached hydrogen (secondary N) is 1. The Bertz CT molecular complexity index is 1270. The number of carbonyl (C=O) groups is 1. The maximum Gasteiger partial charge on any atom is 0.246 e. The van der Waals surface area contributed by atoms with Gasteiger partial charge in [-0.15, -0.1) is 11.3 Å². The van der Waals surface area contributed by atoms with Gasteiger partial charge in [-0.3, -0.25) is 4.79 Å². The van der Waals surface area contributed by atoms with Gasteiger partial charge in [-0.25, -0.2) is 13.4 Å². The number of anilines is 1. The number of methoxy groups -OCH3 is 1. The fraction of sp³-hybridized carbons (Fsp3) is 0.304. The van der Waals surface area contributed by atoms with Crippen molar-refractivity contribution in [1.29, 1.82) is 0 Å². The Hall–Kier alpha value is -2.46. The standard InChI is InChI=1S/C23H24ClN3O4S2/c1-15-25-20(14-32-15)17-4-3-5-19(12-17)26-23(28)16-8-10-27(11-9-16)33(29,30)22-13-18(24)6-7-21(22)31-2/h3-7,12-14,16H,8-11H2,1-2H3,(H,26,28). The normalized spacial score (nSPS) is 15.4. The molecule has 1 aromatic heterocycles. The molecule has 0 spiro atoms. The molecule has 0 radical (unpaired) electrons. The monoisotopic (exact) mass is 505 g/mol. The molecule has 1 amide bonds. The molecule has 1 saturated heterocycles. The van der Waals surface area contributed by atoms with Crippen LogP contribution in [0.25, 0.3) is 11.3 Å². The number of piperidine rings is 1. The summed E-state index contributed by atoms with van der Waals surface area (Å²) < 4.78 is 32.9. The lowest BCUT2D eigenvalue weighted by molar-refractivity contribution is -0.120. The zero-order valence-corrected chi connectivity index (χ0v) is 20.6. The largest absolute Gasteiger partial charge is 0.495 e. The predicted octanol–water partition coefficient (Wildman–Crippen LogP) is 4.82. The number of nitrogens with zero attached hydrogens (tertiary/aromatic N) is 2. The first-order chi connectivity index (χ1) is 15.8. The maximum absolute atomic E-state index is 13.1. The number of sulfonamides is 1. The van der Waals surface area contributed by atoms with Gasteiger partial charge >= 0.3 is 0 Å². The SMILES string of the molecule is COc1ccc(Cl)cc1S(=O)(=O)N1CCC(C(=O)Nc2cccc(-c3csc(C)n3)c2)CC1. The van der Waals surface area contributed by atoms with Gasteiger partial charge in [-0.05, 0) is 50.1 Å². The van der Waals surface area contributed by atoms with Crippen LogP contribution in [0.5, 0.6) is 5.75 Å². The minimum Gasteiger partial charge on any atom is -0.495 e. The first kappa shape index (κ1) is 23.7. The molecule has 7 nitrogen and oxygen atoms in total. The van der Waals surface area contributed by atoms with E-state index in [-0.39, 0.29) is 35.6 Å². The molecule has 174 valence electrons. The van der Waals surface area contributed by atoms with E-state index in [2.05, 4.69) is 10.3 Å². The summed E-state index contributed by atoms with van der Waals surface area (Å²) in [4.78, 5) is 17.4. The highest BCUT2D eigenvalue weighted by molar-refractivity contribution is 7.89. The van der Waals surface area contributed by atoms with E-state index < -0.39 is 10.0 Å². The topological polar surface area (TPSA) is 88.6 Å². The summed E-state index contributed by atoms with van der Waals surface area (Å²) in [6.45, 7) is 2.44. The molecule has 2 heterocycles. The highest BCUT2D eigenvalue weighted by atomic mass is 35.5. The fourth-order valence-corrected chi connectivity index (χ4v) is 6.36. The van der Waals surface area contributed by atoms with Crippen molar-refractivity contribution in [3.05, 3.63) is 57.9 Å². The molecule has 0 unspecified atom stereocenters. The lowest BCUT2D eigenvalue weighted by Gasteiger charge is -2.31. The van der Waals surface area contributed by atoms with Crippen molar-refractivity contribution in [3.8, 4) is 17.0 Å². The second-order valence-corrected chi connectivity index (χ2v) is 11.2. The molecule has 0 atom stereocenters. The highest BCUT2D eigenvalue weighted by Gasteiger charge is 2.34. The Morgan fingerprint density at radius 3 is 2.64 bits per heavy atom. The number of carbonyl (C=O) groups excluding carboxylic acids is 1. The van der Waals surface area contributed by atoms with Gasteiger partial charge in [-0.2, -0.15) is 4.31 Å². The Labute approximate surface area is 202 Å². The maximum atomic E-state index is 13.1. The first-order valence-electron chi connectivity index (χ1n) is 10.4. The van der Waals surface area contributed by atoms with Crippen LogP contribution in [-0.4, -0.2) is 43.8 Å². The van der Waals surface area contributed by atoms with Crippen LogP contribution in [0, 0.1) is 12.8 Å². The quantitative estimate of drug-likeness (QED) is 0.519. The van der Waals surface area contributed by atoms with Crippen LogP contribution in [0.2, 0.25) is 5.02 Å². The van der Waals surface area contributed by atoms with E-state index in [1.165, 1.54) is 23.5 Å². The van der Waals surface area contributed by atoms with Crippen molar-refractivity contribution < 1.29 is 17.9 Å². The fourth-order valence-electron chi connectivity index (χ4n) is 3.85. The number of aryl methyl sites for hydroxylation is 1. The zero-order valence-electron chi connectivity index (χ0n) is 18.2. The number of aromatic nitrogens is 1. The summed E-state index contributed by atoms with van der Waals surface area (Å²) >= 11 is 7.59. The van der Waals surface area contributed by atoms with Crippen LogP contribution in [0.4, 0.5) is 5.69 Å². The summed E-state index contributed by atoms with van der Waals surface area (Å²) in [5.41, 5.74) is 2.51. The number of amides is 1. The third-order valence-corrected chi connectivity index (χ3v) is 8.54. The van der Waals surface area contributed by atoms with Crippen LogP contribution >= 0.6 is 22.9 Å². The van der Waals surface area contributed by atoms with Crippen LogP contribution in [0.15, 0.2) is 52.7 Å². The summed E-state index contributed by atoms with van der Waals surface area (Å²) in [6, 6.07) is 12.1. The number of ether oxygens (including phenoxy) is 1. The van der Waals surface area contributed by atoms with Gasteiger partial charge in [0.1, 0.15) is 10.6 Å². The molecular formula is C23H24ClN3O4S2. The number of halogens is 1. The lowest BCUT2D eigenvalue weighted by Crippen LogP contribution is -2.41. The van der Waals surface area contributed by atoms with Gasteiger partial charge in [0.05, 0.1) is 17.8 Å². The molecule has 33 heavy (non-hydrogen) atoms. The van der Waals surface area contributed by atoms with Crippen molar-refractivity contribution in [3.63, 3.8) is 0 Å². The van der Waals surface area contributed by atoms with E-state index in [1.807, 2.05) is 36.6 Å². The van der Waals surface area contributed by atoms with Gasteiger partial charge in [-0.1, -0.05) is 23.7 Å². The molecule has 1 aliphatic rings. The van der Waals surface area contributed by atoms with E-state index >= 15 is 0 Å². The molecule has 10 heteroatoms. The van der Waals surface area contributed by atoms with Gasteiger partial charge in [0.2, 0.25) is 15.9 Å². The smallest absolute Gasteiger partial charge is 0.246 e. The van der Waals surface area contributed by atoms with Crippen LogP contribution in [-0.2, 0) is 14.8 Å². The van der Waals surface area contributed by atoms with E-state index in [9.17, 15) is 13.2 Å². The molecule has 0 aliphatic carbocycles. The zero-order chi connectivity index (χ0) is 23.6. The Morgan fingerprint density at radius 1 is 1.21 bits per heavy atom. The number of benzene rings is 2. The van der Waals surface area contributed by atoms with E-state index in [0.29, 0.717) is 23.6 Å². The first-order valence-corrected chi connectivity index (χ1v) is 13.1. The third-order valence-electron chi connectivity index (χ3n) is 5.61. The summed E-state index contributed by atoms with van der Waals surface area (Å²) in [6.07, 6.45) is 0.859. The lowest BCUT2D eigenvalue weighted by atomic mass is 9.97. The Kier molecular flexibility index (Phi) is 7.04. The predicted molar refractivity (Wildman–Crippen MR) is 130 cm³/mol. The summed E-state index contributed by atoms with van der Waals surface area (Å²) in [5, 5.41) is 6.26. The molecule has 2 aromatic carbocycles. The second-order valence-electron chi connectivity index (χ2n) is 7.80. The van der Waals surface area contributed by atoms with E-state index in [1.54, 1.807) is 17.4 Å². The molecule has 1 fully saturated rings. The van der Waals surface area contributed by atoms with Gasteiger partial charge in [0.15, 0.2) is 0 Å². The van der Waals surface area contributed by atoms with Crippen molar-refractivity contribution in [2.45, 2.75) is 24.7 Å². The van der Waals surface area contributed by atoms with Crippen molar-refractivity contribution in [2.75, 3.05) is 25.5 Å². The second kappa shape index (κ2) is 9.80. The number of hydrogen-bond acceptors (Lipinski definition) is 6. The van der Waals surface area contributed by atoms with E-state index in [4.69, 9.17) is 16.3 Å². The molecular weight excluding hydrogens is 482 g/mol. The van der Waals surface area contributed by atoms with Crippen LogP contribution in [0.1, 0.15) is 17.8 Å². The number of thiazole rings is 1. The van der Waals surface area contributed by atoms with Crippen molar-refractivity contribution in [2.24, 2.45) is 5.92 Å². The van der Waals surface area contributed by atoms with Gasteiger partial charge in [0, 0.05) is 40.7 Å². The van der Waals surface area contributed by atoms with Gasteiger partial charge < -0.3 is 10.1 Å². The molecule has 1 aliphatic heterocycles. The summed E-state index contributed by atoms with van der Waals surface area (Å²) in [5.74, 6) is -0.142. The van der Waals surface area contributed by atoms with E-state index in [0.717, 1.165) is 16.3 Å². The molecule has 1 N–H and O–H groups in total. The minimum atomic E-state index is -3.78. The summed E-state index contributed by atoms with van der Waals surface area (Å²) in [7, 11) is -2.36. The van der Waals surface area contributed by atoms with Crippen molar-refractivity contribution >= 4 is 44.6 Å². The number of hydrogen-bond donors (Lipinski definition) is 1. The minimum absolute atomic E-state index is 0.0366. The molecule has 0 saturated carbocycles. The molecule has 3 aromatic rings. The Morgan fingerprint density at radius 2 is 1.97 bits per heavy atom. The average Bonchev–Trinajstić information content (AvgIpc) is 3.25. The number of rotatable bonds is 6. The third kappa shape index (κ3) is 5.22. The Balaban J connectivity index is 1.41. The van der Waals surface area contributed by atoms with Crippen molar-refractivity contribution in [1.82, 2.24) is 9.29 Å². The molecule has 4 rings (SSSR count). The highest BCUT2D eigenvalue weighted by Crippen LogP contribution is 2.32. The van der Waals surface area contributed by atoms with Crippen LogP contribution in [0.3, 0.4) is 0 Å². The average molecular weight is 506 g/mol. The van der Waals surface area contributed by atoms with Crippen LogP contribution < -0.4 is 10.1 Å². The molecule has 0 bridgehead atoms. The van der Waals surface area contributed by atoms with Gasteiger partial charge in [0.25, 0.3) is 0 Å².